The minimum absolute atomic E-state index is 0.00823. The van der Waals surface area contributed by atoms with Gasteiger partial charge in [-0.3, -0.25) is 14.9 Å². The zero-order valence-corrected chi connectivity index (χ0v) is 17.3. The Morgan fingerprint density at radius 3 is 2.40 bits per heavy atom. The SMILES string of the molecule is CCOC(=O)c1c(NC(=O)COC(=O)COc2ccccc2Cl)oc(C)c1C(C)=O. The van der Waals surface area contributed by atoms with Crippen LogP contribution in [0.2, 0.25) is 5.02 Å². The Labute approximate surface area is 177 Å². The Balaban J connectivity index is 1.98. The molecule has 2 aromatic rings. The van der Waals surface area contributed by atoms with Crippen LogP contribution in [0.25, 0.3) is 0 Å². The number of anilines is 1. The van der Waals surface area contributed by atoms with Gasteiger partial charge in [-0.1, -0.05) is 23.7 Å². The second-order valence-corrected chi connectivity index (χ2v) is 6.35. The molecule has 10 heteroatoms. The minimum Gasteiger partial charge on any atom is -0.480 e. The number of rotatable bonds is 9. The summed E-state index contributed by atoms with van der Waals surface area (Å²) in [6.45, 7) is 3.27. The molecule has 0 aliphatic carbocycles. The van der Waals surface area contributed by atoms with Crippen LogP contribution in [-0.2, 0) is 19.1 Å². The summed E-state index contributed by atoms with van der Waals surface area (Å²) < 4.78 is 20.3. The summed E-state index contributed by atoms with van der Waals surface area (Å²) in [6.07, 6.45) is 0. The maximum Gasteiger partial charge on any atom is 0.344 e. The summed E-state index contributed by atoms with van der Waals surface area (Å²) in [5, 5.41) is 2.63. The molecule has 0 unspecified atom stereocenters. The average molecular weight is 438 g/mol. The first-order valence-electron chi connectivity index (χ1n) is 8.88. The van der Waals surface area contributed by atoms with Crippen molar-refractivity contribution in [1.82, 2.24) is 0 Å². The van der Waals surface area contributed by atoms with Crippen LogP contribution in [0.4, 0.5) is 5.88 Å². The lowest BCUT2D eigenvalue weighted by Crippen LogP contribution is -2.24. The Bertz CT molecular complexity index is 966. The number of ketones is 1. The zero-order chi connectivity index (χ0) is 22.3. The highest BCUT2D eigenvalue weighted by Crippen LogP contribution is 2.28. The van der Waals surface area contributed by atoms with Gasteiger partial charge < -0.3 is 18.6 Å². The fourth-order valence-electron chi connectivity index (χ4n) is 2.50. The molecule has 1 aromatic heterocycles. The number of ether oxygens (including phenoxy) is 3. The number of hydrogen-bond donors (Lipinski definition) is 1. The second-order valence-electron chi connectivity index (χ2n) is 5.94. The van der Waals surface area contributed by atoms with Crippen molar-refractivity contribution in [1.29, 1.82) is 0 Å². The van der Waals surface area contributed by atoms with E-state index in [1.54, 1.807) is 31.2 Å². The van der Waals surface area contributed by atoms with Crippen LogP contribution in [0, 0.1) is 6.92 Å². The van der Waals surface area contributed by atoms with E-state index in [2.05, 4.69) is 5.32 Å². The lowest BCUT2D eigenvalue weighted by molar-refractivity contribution is -0.149. The highest BCUT2D eigenvalue weighted by atomic mass is 35.5. The molecule has 0 saturated heterocycles. The summed E-state index contributed by atoms with van der Waals surface area (Å²) in [5.74, 6) is -2.66. The number of para-hydroxylation sites is 1. The van der Waals surface area contributed by atoms with Gasteiger partial charge in [0.25, 0.3) is 5.91 Å². The smallest absolute Gasteiger partial charge is 0.344 e. The van der Waals surface area contributed by atoms with Gasteiger partial charge in [0.05, 0.1) is 17.2 Å². The van der Waals surface area contributed by atoms with Crippen molar-refractivity contribution in [3.63, 3.8) is 0 Å². The van der Waals surface area contributed by atoms with Crippen molar-refractivity contribution in [3.05, 3.63) is 46.2 Å². The van der Waals surface area contributed by atoms with Gasteiger partial charge in [0.15, 0.2) is 19.0 Å². The van der Waals surface area contributed by atoms with Crippen LogP contribution in [0.5, 0.6) is 5.75 Å². The van der Waals surface area contributed by atoms with E-state index in [-0.39, 0.29) is 29.4 Å². The number of amides is 1. The van der Waals surface area contributed by atoms with E-state index < -0.39 is 36.8 Å². The molecule has 0 fully saturated rings. The number of furan rings is 1. The van der Waals surface area contributed by atoms with E-state index in [0.29, 0.717) is 10.8 Å². The average Bonchev–Trinajstić information content (AvgIpc) is 3.01. The Hall–Kier alpha value is -3.33. The molecule has 1 aromatic carbocycles. The van der Waals surface area contributed by atoms with E-state index in [4.69, 9.17) is 30.2 Å². The molecule has 1 heterocycles. The van der Waals surface area contributed by atoms with Crippen molar-refractivity contribution in [2.75, 3.05) is 25.1 Å². The van der Waals surface area contributed by atoms with Crippen molar-refractivity contribution < 1.29 is 37.8 Å². The van der Waals surface area contributed by atoms with E-state index >= 15 is 0 Å². The highest BCUT2D eigenvalue weighted by molar-refractivity contribution is 6.32. The van der Waals surface area contributed by atoms with Gasteiger partial charge in [-0.15, -0.1) is 0 Å². The molecule has 0 radical (unpaired) electrons. The number of carbonyl (C=O) groups excluding carboxylic acids is 4. The van der Waals surface area contributed by atoms with E-state index in [9.17, 15) is 19.2 Å². The third kappa shape index (κ3) is 5.84. The molecule has 0 aliphatic heterocycles. The molecule has 0 saturated carbocycles. The lowest BCUT2D eigenvalue weighted by atomic mass is 10.1. The fourth-order valence-corrected chi connectivity index (χ4v) is 2.69. The third-order valence-electron chi connectivity index (χ3n) is 3.72. The zero-order valence-electron chi connectivity index (χ0n) is 16.6. The number of halogens is 1. The molecule has 0 atom stereocenters. The molecule has 30 heavy (non-hydrogen) atoms. The number of Topliss-reactive ketones (excluding diaryl/α,β-unsaturated/α-hetero) is 1. The van der Waals surface area contributed by atoms with Crippen molar-refractivity contribution in [3.8, 4) is 5.75 Å². The molecule has 1 N–H and O–H groups in total. The van der Waals surface area contributed by atoms with Crippen molar-refractivity contribution >= 4 is 41.1 Å². The van der Waals surface area contributed by atoms with Crippen molar-refractivity contribution in [2.45, 2.75) is 20.8 Å². The highest BCUT2D eigenvalue weighted by Gasteiger charge is 2.28. The first-order valence-corrected chi connectivity index (χ1v) is 9.26. The van der Waals surface area contributed by atoms with E-state index in [0.717, 1.165) is 0 Å². The third-order valence-corrected chi connectivity index (χ3v) is 4.03. The van der Waals surface area contributed by atoms with Gasteiger partial charge in [0, 0.05) is 0 Å². The molecule has 0 spiro atoms. The van der Waals surface area contributed by atoms with Gasteiger partial charge in [-0.05, 0) is 32.9 Å². The predicted molar refractivity (Wildman–Crippen MR) is 106 cm³/mol. The Morgan fingerprint density at radius 2 is 1.77 bits per heavy atom. The van der Waals surface area contributed by atoms with Gasteiger partial charge in [0.2, 0.25) is 5.88 Å². The first kappa shape index (κ1) is 23.0. The number of carbonyl (C=O) groups is 4. The van der Waals surface area contributed by atoms with Gasteiger partial charge in [0.1, 0.15) is 17.1 Å². The largest absolute Gasteiger partial charge is 0.480 e. The van der Waals surface area contributed by atoms with Crippen LogP contribution in [0.3, 0.4) is 0 Å². The van der Waals surface area contributed by atoms with Gasteiger partial charge in [-0.25, -0.2) is 9.59 Å². The molecular formula is C20H20ClNO8. The number of nitrogens with one attached hydrogen (secondary N) is 1. The molecule has 0 bridgehead atoms. The molecule has 9 nitrogen and oxygen atoms in total. The van der Waals surface area contributed by atoms with Crippen LogP contribution in [0.1, 0.15) is 40.3 Å². The number of benzene rings is 1. The summed E-state index contributed by atoms with van der Waals surface area (Å²) in [4.78, 5) is 48.0. The molecule has 1 amide bonds. The molecule has 0 aliphatic rings. The maximum absolute atomic E-state index is 12.2. The number of hydrogen-bond acceptors (Lipinski definition) is 8. The molecular weight excluding hydrogens is 418 g/mol. The first-order chi connectivity index (χ1) is 14.2. The fraction of sp³-hybridized carbons (Fsp3) is 0.300. The monoisotopic (exact) mass is 437 g/mol. The summed E-state index contributed by atoms with van der Waals surface area (Å²) in [5.41, 5.74) is -0.183. The Morgan fingerprint density at radius 1 is 1.07 bits per heavy atom. The van der Waals surface area contributed by atoms with Crippen LogP contribution in [0.15, 0.2) is 28.7 Å². The van der Waals surface area contributed by atoms with E-state index in [1.807, 2.05) is 0 Å². The second kappa shape index (κ2) is 10.4. The summed E-state index contributed by atoms with van der Waals surface area (Å²) in [6, 6.07) is 6.56. The standard InChI is InChI=1S/C20H20ClNO8/c1-4-27-20(26)18-17(11(2)23)12(3)30-19(18)22-15(24)9-29-16(25)10-28-14-8-6-5-7-13(14)21/h5-8H,4,9-10H2,1-3H3,(H,22,24). The van der Waals surface area contributed by atoms with Crippen molar-refractivity contribution in [2.24, 2.45) is 0 Å². The number of aryl methyl sites for hydroxylation is 1. The summed E-state index contributed by atoms with van der Waals surface area (Å²) >= 11 is 5.91. The lowest BCUT2D eigenvalue weighted by Gasteiger charge is -2.08. The van der Waals surface area contributed by atoms with Crippen LogP contribution in [-0.4, -0.2) is 43.4 Å². The van der Waals surface area contributed by atoms with Gasteiger partial charge in [-0.2, -0.15) is 0 Å². The summed E-state index contributed by atoms with van der Waals surface area (Å²) in [7, 11) is 0. The number of esters is 2. The topological polar surface area (TPSA) is 121 Å². The van der Waals surface area contributed by atoms with Gasteiger partial charge >= 0.3 is 11.9 Å². The van der Waals surface area contributed by atoms with Crippen LogP contribution < -0.4 is 10.1 Å². The minimum atomic E-state index is -0.819. The Kier molecular flexibility index (Phi) is 7.99. The quantitative estimate of drug-likeness (QED) is 0.469. The maximum atomic E-state index is 12.2. The normalized spacial score (nSPS) is 10.3. The van der Waals surface area contributed by atoms with E-state index in [1.165, 1.54) is 13.8 Å². The van der Waals surface area contributed by atoms with Crippen LogP contribution >= 0.6 is 11.6 Å². The molecule has 2 rings (SSSR count). The predicted octanol–water partition coefficient (Wildman–Crippen LogP) is 3.18. The molecule has 160 valence electrons.